The lowest BCUT2D eigenvalue weighted by atomic mass is 9.80. The summed E-state index contributed by atoms with van der Waals surface area (Å²) in [5.41, 5.74) is 6.73. The molecule has 4 atom stereocenters. The van der Waals surface area contributed by atoms with Gasteiger partial charge >= 0.3 is 0 Å². The Hall–Kier alpha value is -2.11. The average molecular weight is 684 g/mol. The fraction of sp³-hybridized carbons (Fsp3) is 0.641. The van der Waals surface area contributed by atoms with E-state index in [-0.39, 0.29) is 29.3 Å². The summed E-state index contributed by atoms with van der Waals surface area (Å²) in [5, 5.41) is 2.30. The molecule has 0 aliphatic rings. The van der Waals surface area contributed by atoms with Crippen LogP contribution in [0.25, 0.3) is 0 Å². The third kappa shape index (κ3) is 9.75. The molecule has 6 nitrogen and oxygen atoms in total. The summed E-state index contributed by atoms with van der Waals surface area (Å²) < 4.78 is 20.2. The van der Waals surface area contributed by atoms with E-state index in [1.54, 1.807) is 0 Å². The Kier molecular flexibility index (Phi) is 15.8. The summed E-state index contributed by atoms with van der Waals surface area (Å²) in [6, 6.07) is 21.4. The highest BCUT2D eigenvalue weighted by molar-refractivity contribution is 6.99. The highest BCUT2D eigenvalue weighted by Gasteiger charge is 2.52. The number of methoxy groups -OCH3 is 1. The van der Waals surface area contributed by atoms with Crippen LogP contribution in [0.5, 0.6) is 0 Å². The second-order valence-electron chi connectivity index (χ2n) is 15.4. The molecule has 0 aliphatic carbocycles. The van der Waals surface area contributed by atoms with Gasteiger partial charge in [-0.3, -0.25) is 9.59 Å². The zero-order valence-corrected chi connectivity index (χ0v) is 33.5. The fourth-order valence-corrected chi connectivity index (χ4v) is 18.4. The quantitative estimate of drug-likeness (QED) is 0.143. The van der Waals surface area contributed by atoms with Gasteiger partial charge in [0.05, 0.1) is 6.42 Å². The van der Waals surface area contributed by atoms with E-state index in [2.05, 4.69) is 137 Å². The predicted octanol–water partition coefficient (Wildman–Crippen LogP) is 8.03. The van der Waals surface area contributed by atoms with E-state index in [4.69, 9.17) is 19.3 Å². The molecule has 0 heterocycles. The average Bonchev–Trinajstić information content (AvgIpc) is 3.00. The Balaban J connectivity index is 2.64. The maximum absolute atomic E-state index is 14.4. The van der Waals surface area contributed by atoms with Crippen molar-refractivity contribution >= 4 is 38.7 Å². The standard InChI is InChI=1S/C39H65NO5Si2/c1-13-20-32(35(38(42)36(43-12)26-37(40)41)27-44-46(28(2)3,29(4)5)30(6)7)25-31(8)45-47(39(9,10)11,33-21-16-14-17-22-33)34-23-18-15-19-24-34/h14-19,21-24,28-32,35-36H,13,20,25-27H2,1-12H3,(H2,40,41)/t31-,32-,35+,36+/m0/s1. The maximum Gasteiger partial charge on any atom is 0.261 e. The van der Waals surface area contributed by atoms with Gasteiger partial charge in [-0.05, 0) is 57.7 Å². The van der Waals surface area contributed by atoms with Crippen molar-refractivity contribution in [2.45, 2.75) is 136 Å². The van der Waals surface area contributed by atoms with Crippen molar-refractivity contribution < 1.29 is 23.2 Å². The van der Waals surface area contributed by atoms with Gasteiger partial charge in [0.2, 0.25) is 5.91 Å². The van der Waals surface area contributed by atoms with Gasteiger partial charge in [-0.2, -0.15) is 0 Å². The van der Waals surface area contributed by atoms with Gasteiger partial charge in [0.1, 0.15) is 6.10 Å². The largest absolute Gasteiger partial charge is 0.415 e. The lowest BCUT2D eigenvalue weighted by molar-refractivity contribution is -0.140. The van der Waals surface area contributed by atoms with Crippen molar-refractivity contribution in [2.75, 3.05) is 13.7 Å². The first-order chi connectivity index (χ1) is 22.0. The molecule has 2 N–H and O–H groups in total. The van der Waals surface area contributed by atoms with Crippen molar-refractivity contribution in [2.24, 2.45) is 17.6 Å². The second kappa shape index (κ2) is 18.0. The number of benzene rings is 2. The molecule has 8 heteroatoms. The number of hydrogen-bond acceptors (Lipinski definition) is 5. The Morgan fingerprint density at radius 2 is 1.28 bits per heavy atom. The molecule has 0 fully saturated rings. The monoisotopic (exact) mass is 683 g/mol. The minimum absolute atomic E-state index is 0.0237. The van der Waals surface area contributed by atoms with Crippen molar-refractivity contribution in [3.05, 3.63) is 60.7 Å². The molecule has 0 spiro atoms. The summed E-state index contributed by atoms with van der Waals surface area (Å²) >= 11 is 0. The Labute approximate surface area is 288 Å². The molecular formula is C39H65NO5Si2. The molecule has 0 aromatic heterocycles. The molecule has 0 bridgehead atoms. The lowest BCUT2D eigenvalue weighted by Gasteiger charge is -2.46. The first kappa shape index (κ1) is 41.1. The Morgan fingerprint density at radius 1 is 0.809 bits per heavy atom. The minimum atomic E-state index is -2.80. The van der Waals surface area contributed by atoms with E-state index in [0.717, 1.165) is 12.8 Å². The molecule has 1 amide bonds. The Morgan fingerprint density at radius 3 is 1.64 bits per heavy atom. The molecule has 47 heavy (non-hydrogen) atoms. The number of ether oxygens (including phenoxy) is 1. The van der Waals surface area contributed by atoms with Crippen LogP contribution < -0.4 is 16.1 Å². The number of carbonyl (C=O) groups is 2. The highest BCUT2D eigenvalue weighted by atomic mass is 28.4. The van der Waals surface area contributed by atoms with E-state index in [1.165, 1.54) is 17.5 Å². The number of Topliss-reactive ketones (excluding diaryl/α,β-unsaturated/α-hetero) is 1. The number of carbonyl (C=O) groups excluding carboxylic acids is 2. The highest BCUT2D eigenvalue weighted by Crippen LogP contribution is 2.44. The van der Waals surface area contributed by atoms with Gasteiger partial charge in [0, 0.05) is 25.7 Å². The van der Waals surface area contributed by atoms with Crippen LogP contribution in [0.3, 0.4) is 0 Å². The number of hydrogen-bond donors (Lipinski definition) is 1. The van der Waals surface area contributed by atoms with Crippen LogP contribution >= 0.6 is 0 Å². The maximum atomic E-state index is 14.4. The van der Waals surface area contributed by atoms with Crippen LogP contribution in [0.4, 0.5) is 0 Å². The normalized spacial score (nSPS) is 15.6. The van der Waals surface area contributed by atoms with Crippen LogP contribution in [0.1, 0.15) is 102 Å². The van der Waals surface area contributed by atoms with Crippen molar-refractivity contribution in [3.63, 3.8) is 0 Å². The summed E-state index contributed by atoms with van der Waals surface area (Å²) in [6.45, 7) is 25.1. The van der Waals surface area contributed by atoms with E-state index < -0.39 is 34.6 Å². The van der Waals surface area contributed by atoms with Crippen LogP contribution in [0.15, 0.2) is 60.7 Å². The van der Waals surface area contributed by atoms with E-state index in [1.807, 2.05) is 0 Å². The predicted molar refractivity (Wildman–Crippen MR) is 201 cm³/mol. The summed E-state index contributed by atoms with van der Waals surface area (Å²) in [7, 11) is -3.60. The van der Waals surface area contributed by atoms with Crippen LogP contribution in [-0.2, 0) is 23.2 Å². The molecule has 0 radical (unpaired) electrons. The van der Waals surface area contributed by atoms with Crippen LogP contribution in [0.2, 0.25) is 21.7 Å². The molecule has 2 rings (SSSR count). The summed E-state index contributed by atoms with van der Waals surface area (Å²) in [5.74, 6) is -1.12. The molecular weight excluding hydrogens is 619 g/mol. The van der Waals surface area contributed by atoms with Gasteiger partial charge in [-0.15, -0.1) is 0 Å². The van der Waals surface area contributed by atoms with Crippen molar-refractivity contribution in [3.8, 4) is 0 Å². The number of nitrogens with two attached hydrogens (primary N) is 1. The number of primary amides is 1. The van der Waals surface area contributed by atoms with Gasteiger partial charge in [0.15, 0.2) is 14.1 Å². The van der Waals surface area contributed by atoms with Crippen molar-refractivity contribution in [1.82, 2.24) is 0 Å². The third-order valence-corrected chi connectivity index (χ3v) is 21.5. The van der Waals surface area contributed by atoms with E-state index in [0.29, 0.717) is 29.7 Å². The number of ketones is 1. The minimum Gasteiger partial charge on any atom is -0.415 e. The molecule has 2 aromatic rings. The zero-order chi connectivity index (χ0) is 35.6. The SMILES string of the molecule is CCC[C@@H](C[C@H](C)O[Si](c1ccccc1)(c1ccccc1)C(C)(C)C)[C@@H](CO[Si](C(C)C)(C(C)C)C(C)C)C(=O)[C@@H](CC(N)=O)OC. The molecule has 2 aromatic carbocycles. The zero-order valence-electron chi connectivity index (χ0n) is 31.5. The van der Waals surface area contributed by atoms with Crippen LogP contribution in [0, 0.1) is 11.8 Å². The molecule has 0 saturated carbocycles. The van der Waals surface area contributed by atoms with Gasteiger partial charge in [-0.25, -0.2) is 0 Å². The summed E-state index contributed by atoms with van der Waals surface area (Å²) in [4.78, 5) is 26.4. The first-order valence-electron chi connectivity index (χ1n) is 17.8. The summed E-state index contributed by atoms with van der Waals surface area (Å²) in [6.07, 6.45) is 1.24. The molecule has 0 aliphatic heterocycles. The molecule has 264 valence electrons. The topological polar surface area (TPSA) is 87.9 Å². The smallest absolute Gasteiger partial charge is 0.261 e. The van der Waals surface area contributed by atoms with Gasteiger partial charge < -0.3 is 19.3 Å². The third-order valence-electron chi connectivity index (χ3n) is 10.2. The van der Waals surface area contributed by atoms with Crippen molar-refractivity contribution in [1.29, 1.82) is 0 Å². The molecule has 0 unspecified atom stereocenters. The van der Waals surface area contributed by atoms with Gasteiger partial charge in [-0.1, -0.05) is 136 Å². The fourth-order valence-electron chi connectivity index (χ4n) is 8.23. The lowest BCUT2D eigenvalue weighted by Crippen LogP contribution is -2.67. The molecule has 0 saturated heterocycles. The number of rotatable bonds is 20. The van der Waals surface area contributed by atoms with Gasteiger partial charge in [0.25, 0.3) is 8.32 Å². The Bertz CT molecular complexity index is 1170. The first-order valence-corrected chi connectivity index (χ1v) is 21.8. The van der Waals surface area contributed by atoms with E-state index >= 15 is 0 Å². The second-order valence-corrected chi connectivity index (χ2v) is 25.1. The van der Waals surface area contributed by atoms with E-state index in [9.17, 15) is 9.59 Å². The number of amides is 1. The van der Waals surface area contributed by atoms with Crippen LogP contribution in [-0.4, -0.2) is 54.2 Å².